The lowest BCUT2D eigenvalue weighted by molar-refractivity contribution is -0.298. The summed E-state index contributed by atoms with van der Waals surface area (Å²) in [5, 5.41) is 8.16. The third kappa shape index (κ3) is 6.54. The molecule has 2 heterocycles. The van der Waals surface area contributed by atoms with Gasteiger partial charge in [0, 0.05) is 24.6 Å². The fraction of sp³-hybridized carbons (Fsp3) is 0.720. The van der Waals surface area contributed by atoms with Crippen LogP contribution in [0.2, 0.25) is 0 Å². The van der Waals surface area contributed by atoms with Crippen molar-refractivity contribution < 1.29 is 45.0 Å². The summed E-state index contributed by atoms with van der Waals surface area (Å²) in [5.41, 5.74) is -2.32. The van der Waals surface area contributed by atoms with E-state index in [1.807, 2.05) is 6.92 Å². The SMILES string of the molecule is CC1CCC(NC(=O)Nc2ccc(OC(F)(F)F)cc2F)C(O[C@@H]2CCCCC2C2(C(F)(F)F)CCN2C)N1. The second-order valence-corrected chi connectivity index (χ2v) is 10.6. The Morgan fingerprint density at radius 1 is 1.10 bits per heavy atom. The molecule has 7 nitrogen and oxygen atoms in total. The van der Waals surface area contributed by atoms with Gasteiger partial charge >= 0.3 is 18.6 Å². The Kier molecular flexibility index (Phi) is 8.58. The summed E-state index contributed by atoms with van der Waals surface area (Å²) in [7, 11) is 1.49. The molecule has 1 aromatic carbocycles. The van der Waals surface area contributed by atoms with E-state index in [-0.39, 0.29) is 18.2 Å². The number of rotatable bonds is 6. The van der Waals surface area contributed by atoms with Crippen LogP contribution >= 0.6 is 0 Å². The summed E-state index contributed by atoms with van der Waals surface area (Å²) in [6.45, 7) is 2.26. The normalized spacial score (nSPS) is 32.3. The van der Waals surface area contributed by atoms with E-state index in [0.29, 0.717) is 44.7 Å². The maximum Gasteiger partial charge on any atom is 0.573 e. The zero-order valence-corrected chi connectivity index (χ0v) is 21.6. The van der Waals surface area contributed by atoms with Crippen LogP contribution in [0, 0.1) is 11.7 Å². The zero-order valence-electron chi connectivity index (χ0n) is 21.6. The Morgan fingerprint density at radius 2 is 1.82 bits per heavy atom. The van der Waals surface area contributed by atoms with Gasteiger partial charge in [0.1, 0.15) is 23.3 Å². The molecule has 3 N–H and O–H groups in total. The van der Waals surface area contributed by atoms with Crippen molar-refractivity contribution in [3.8, 4) is 5.75 Å². The van der Waals surface area contributed by atoms with Crippen LogP contribution in [0.15, 0.2) is 18.2 Å². The van der Waals surface area contributed by atoms with Gasteiger partial charge in [0.2, 0.25) is 0 Å². The molecule has 0 radical (unpaired) electrons. The highest BCUT2D eigenvalue weighted by atomic mass is 19.4. The summed E-state index contributed by atoms with van der Waals surface area (Å²) in [6.07, 6.45) is -7.54. The van der Waals surface area contributed by atoms with Crippen molar-refractivity contribution in [3.63, 3.8) is 0 Å². The lowest BCUT2D eigenvalue weighted by atomic mass is 9.66. The summed E-state index contributed by atoms with van der Waals surface area (Å²) in [6, 6.07) is 0.804. The molecular formula is C25H33F7N4O3. The highest BCUT2D eigenvalue weighted by molar-refractivity contribution is 5.89. The van der Waals surface area contributed by atoms with Crippen molar-refractivity contribution in [1.82, 2.24) is 15.5 Å². The van der Waals surface area contributed by atoms with Crippen LogP contribution in [0.1, 0.15) is 51.9 Å². The van der Waals surface area contributed by atoms with Crippen molar-refractivity contribution in [2.75, 3.05) is 18.9 Å². The van der Waals surface area contributed by atoms with Crippen molar-refractivity contribution in [2.24, 2.45) is 5.92 Å². The maximum atomic E-state index is 14.3. The lowest BCUT2D eigenvalue weighted by Gasteiger charge is -2.58. The van der Waals surface area contributed by atoms with Gasteiger partial charge < -0.3 is 20.1 Å². The number of nitrogens with one attached hydrogen (secondary N) is 3. The standard InChI is InChI=1S/C25H33F7N4O3/c1-14-7-9-19(35-22(37)34-18-10-8-15(13-17(18)26)39-25(30,31)32)21(33-14)38-20-6-4-3-5-16(20)23(24(27,28)29)11-12-36(23)2/h8,10,13-14,16,19-21,33H,3-7,9,11-12H2,1-2H3,(H2,34,35,37)/t14?,16?,19?,20-,21?,23?/m1/s1. The smallest absolute Gasteiger partial charge is 0.406 e. The molecule has 0 spiro atoms. The van der Waals surface area contributed by atoms with Crippen molar-refractivity contribution >= 4 is 11.7 Å². The van der Waals surface area contributed by atoms with E-state index in [9.17, 15) is 35.5 Å². The average molecular weight is 571 g/mol. The Balaban J connectivity index is 1.44. The first-order valence-electron chi connectivity index (χ1n) is 13.0. The van der Waals surface area contributed by atoms with Crippen molar-refractivity contribution in [2.45, 2.75) is 94.4 Å². The molecule has 3 fully saturated rings. The van der Waals surface area contributed by atoms with Crippen LogP contribution in [0.3, 0.4) is 0 Å². The molecular weight excluding hydrogens is 537 g/mol. The number of benzene rings is 1. The molecule has 4 rings (SSSR count). The number of urea groups is 1. The number of piperidine rings is 1. The van der Waals surface area contributed by atoms with E-state index >= 15 is 0 Å². The molecule has 2 saturated heterocycles. The Labute approximate surface area is 221 Å². The fourth-order valence-electron chi connectivity index (χ4n) is 6.07. The number of alkyl halides is 6. The Morgan fingerprint density at radius 3 is 2.41 bits per heavy atom. The molecule has 39 heavy (non-hydrogen) atoms. The van der Waals surface area contributed by atoms with Crippen LogP contribution in [0.25, 0.3) is 0 Å². The zero-order chi connectivity index (χ0) is 28.6. The van der Waals surface area contributed by atoms with Crippen LogP contribution < -0.4 is 20.7 Å². The van der Waals surface area contributed by atoms with E-state index in [1.165, 1.54) is 11.9 Å². The molecule has 3 aliphatic rings. The van der Waals surface area contributed by atoms with E-state index in [4.69, 9.17) is 4.74 Å². The summed E-state index contributed by atoms with van der Waals surface area (Å²) in [5.74, 6) is -2.67. The van der Waals surface area contributed by atoms with Gasteiger partial charge in [-0.05, 0) is 58.2 Å². The largest absolute Gasteiger partial charge is 0.573 e. The topological polar surface area (TPSA) is 74.9 Å². The summed E-state index contributed by atoms with van der Waals surface area (Å²) in [4.78, 5) is 14.0. The fourth-order valence-corrected chi connectivity index (χ4v) is 6.07. The molecule has 1 aromatic rings. The molecule has 6 atom stereocenters. The van der Waals surface area contributed by atoms with Gasteiger partial charge in [0.15, 0.2) is 0 Å². The summed E-state index contributed by atoms with van der Waals surface area (Å²) >= 11 is 0. The number of nitrogens with zero attached hydrogens (tertiary/aromatic N) is 1. The lowest BCUT2D eigenvalue weighted by Crippen LogP contribution is -2.72. The second-order valence-electron chi connectivity index (χ2n) is 10.6. The third-order valence-corrected chi connectivity index (χ3v) is 8.10. The molecule has 5 unspecified atom stereocenters. The minimum Gasteiger partial charge on any atom is -0.406 e. The molecule has 1 saturated carbocycles. The van der Waals surface area contributed by atoms with Crippen molar-refractivity contribution in [1.29, 1.82) is 0 Å². The number of anilines is 1. The first kappa shape index (κ1) is 29.7. The van der Waals surface area contributed by atoms with Gasteiger partial charge in [-0.15, -0.1) is 13.2 Å². The van der Waals surface area contributed by atoms with Crippen molar-refractivity contribution in [3.05, 3.63) is 24.0 Å². The molecule has 14 heteroatoms. The van der Waals surface area contributed by atoms with Gasteiger partial charge in [0.25, 0.3) is 0 Å². The van der Waals surface area contributed by atoms with Crippen LogP contribution in [-0.4, -0.2) is 67.0 Å². The van der Waals surface area contributed by atoms with Gasteiger partial charge in [0.05, 0.1) is 17.8 Å². The van der Waals surface area contributed by atoms with Crippen LogP contribution in [-0.2, 0) is 4.74 Å². The van der Waals surface area contributed by atoms with Gasteiger partial charge in [-0.1, -0.05) is 12.8 Å². The molecule has 1 aliphatic carbocycles. The van der Waals surface area contributed by atoms with Gasteiger partial charge in [-0.2, -0.15) is 13.2 Å². The number of hydrogen-bond donors (Lipinski definition) is 3. The number of carbonyl (C=O) groups excluding carboxylic acids is 1. The number of carbonyl (C=O) groups is 1. The first-order valence-corrected chi connectivity index (χ1v) is 13.0. The maximum absolute atomic E-state index is 14.3. The molecule has 220 valence electrons. The monoisotopic (exact) mass is 570 g/mol. The molecule has 2 amide bonds. The minimum absolute atomic E-state index is 0.00841. The second kappa shape index (κ2) is 11.3. The number of halogens is 7. The van der Waals surface area contributed by atoms with E-state index in [1.54, 1.807) is 0 Å². The van der Waals surface area contributed by atoms with E-state index in [0.717, 1.165) is 18.6 Å². The average Bonchev–Trinajstić information content (AvgIpc) is 2.81. The third-order valence-electron chi connectivity index (χ3n) is 8.10. The number of likely N-dealkylation sites (tertiary alicyclic amines) is 1. The van der Waals surface area contributed by atoms with Gasteiger partial charge in [-0.25, -0.2) is 9.18 Å². The predicted octanol–water partition coefficient (Wildman–Crippen LogP) is 5.52. The van der Waals surface area contributed by atoms with E-state index in [2.05, 4.69) is 20.7 Å². The highest BCUT2D eigenvalue weighted by Crippen LogP contribution is 2.53. The quantitative estimate of drug-likeness (QED) is 0.393. The Hall–Kier alpha value is -2.32. The number of ether oxygens (including phenoxy) is 2. The van der Waals surface area contributed by atoms with Crippen LogP contribution in [0.5, 0.6) is 5.75 Å². The van der Waals surface area contributed by atoms with Crippen LogP contribution in [0.4, 0.5) is 41.2 Å². The van der Waals surface area contributed by atoms with E-state index < -0.39 is 60.0 Å². The highest BCUT2D eigenvalue weighted by Gasteiger charge is 2.67. The first-order chi connectivity index (χ1) is 18.2. The molecule has 2 aliphatic heterocycles. The minimum atomic E-state index is -5.00. The Bertz CT molecular complexity index is 1020. The molecule has 0 aromatic heterocycles. The molecule has 0 bridgehead atoms. The van der Waals surface area contributed by atoms with Gasteiger partial charge in [-0.3, -0.25) is 10.2 Å². The number of hydrogen-bond acceptors (Lipinski definition) is 5. The summed E-state index contributed by atoms with van der Waals surface area (Å²) < 4.78 is 104. The number of amides is 2. The predicted molar refractivity (Wildman–Crippen MR) is 128 cm³/mol.